The molecule has 2 unspecified atom stereocenters. The molecule has 1 saturated carbocycles. The Hall–Kier alpha value is -1.58. The number of ether oxygens (including phenoxy) is 1. The Morgan fingerprint density at radius 3 is 2.83 bits per heavy atom. The van der Waals surface area contributed by atoms with E-state index in [2.05, 4.69) is 6.92 Å². The van der Waals surface area contributed by atoms with Crippen molar-refractivity contribution < 1.29 is 9.13 Å². The van der Waals surface area contributed by atoms with Crippen LogP contribution in [0.1, 0.15) is 38.2 Å². The predicted molar refractivity (Wildman–Crippen MR) is 69.5 cm³/mol. The van der Waals surface area contributed by atoms with Gasteiger partial charge in [-0.15, -0.1) is 0 Å². The van der Waals surface area contributed by atoms with Crippen LogP contribution in [0.3, 0.4) is 0 Å². The van der Waals surface area contributed by atoms with Gasteiger partial charge < -0.3 is 10.5 Å². The summed E-state index contributed by atoms with van der Waals surface area (Å²) in [6.45, 7) is 2.20. The van der Waals surface area contributed by atoms with E-state index < -0.39 is 5.82 Å². The van der Waals surface area contributed by atoms with Gasteiger partial charge in [0, 0.05) is 5.56 Å². The predicted octanol–water partition coefficient (Wildman–Crippen LogP) is 3.07. The largest absolute Gasteiger partial charge is 0.487 e. The zero-order valence-electron chi connectivity index (χ0n) is 10.6. The Labute approximate surface area is 107 Å². The summed E-state index contributed by atoms with van der Waals surface area (Å²) in [5.41, 5.74) is 5.70. The number of nitrogens with two attached hydrogens (primary N) is 1. The van der Waals surface area contributed by atoms with Gasteiger partial charge in [0.1, 0.15) is 5.84 Å². The van der Waals surface area contributed by atoms with Gasteiger partial charge in [-0.2, -0.15) is 0 Å². The Bertz CT molecular complexity index is 447. The fraction of sp³-hybridized carbons (Fsp3) is 0.500. The number of nitrogens with one attached hydrogen (secondary N) is 1. The molecule has 0 radical (unpaired) electrons. The Balaban J connectivity index is 2.07. The number of hydrogen-bond donors (Lipinski definition) is 2. The summed E-state index contributed by atoms with van der Waals surface area (Å²) in [4.78, 5) is 0. The zero-order chi connectivity index (χ0) is 13.1. The van der Waals surface area contributed by atoms with E-state index in [0.29, 0.717) is 11.5 Å². The van der Waals surface area contributed by atoms with Crippen LogP contribution in [0.4, 0.5) is 4.39 Å². The quantitative estimate of drug-likeness (QED) is 0.639. The smallest absolute Gasteiger partial charge is 0.165 e. The molecule has 0 heterocycles. The van der Waals surface area contributed by atoms with Crippen molar-refractivity contribution in [3.05, 3.63) is 29.6 Å². The average molecular weight is 250 g/mol. The van der Waals surface area contributed by atoms with E-state index in [4.69, 9.17) is 15.9 Å². The second-order valence-electron chi connectivity index (χ2n) is 5.07. The molecular weight excluding hydrogens is 231 g/mol. The summed E-state index contributed by atoms with van der Waals surface area (Å²) < 4.78 is 19.5. The van der Waals surface area contributed by atoms with Crippen molar-refractivity contribution in [1.82, 2.24) is 0 Å². The summed E-state index contributed by atoms with van der Waals surface area (Å²) in [6, 6.07) is 4.43. The van der Waals surface area contributed by atoms with Gasteiger partial charge in [-0.25, -0.2) is 4.39 Å². The van der Waals surface area contributed by atoms with Crippen molar-refractivity contribution in [3.63, 3.8) is 0 Å². The lowest BCUT2D eigenvalue weighted by molar-refractivity contribution is 0.124. The molecule has 0 amide bonds. The van der Waals surface area contributed by atoms with Gasteiger partial charge in [0.15, 0.2) is 11.6 Å². The van der Waals surface area contributed by atoms with Crippen LogP contribution in [0, 0.1) is 17.1 Å². The highest BCUT2D eigenvalue weighted by Crippen LogP contribution is 2.28. The highest BCUT2D eigenvalue weighted by atomic mass is 19.1. The van der Waals surface area contributed by atoms with E-state index in [1.165, 1.54) is 12.5 Å². The summed E-state index contributed by atoms with van der Waals surface area (Å²) in [7, 11) is 0. The van der Waals surface area contributed by atoms with E-state index >= 15 is 0 Å². The van der Waals surface area contributed by atoms with Crippen LogP contribution in [0.15, 0.2) is 18.2 Å². The number of amidine groups is 1. The molecule has 2 atom stereocenters. The van der Waals surface area contributed by atoms with Crippen molar-refractivity contribution in [3.8, 4) is 5.75 Å². The number of benzene rings is 1. The first-order valence-electron chi connectivity index (χ1n) is 6.37. The Morgan fingerprint density at radius 2 is 2.22 bits per heavy atom. The second kappa shape index (κ2) is 5.38. The van der Waals surface area contributed by atoms with Crippen LogP contribution in [-0.2, 0) is 0 Å². The Kier molecular flexibility index (Phi) is 3.84. The van der Waals surface area contributed by atoms with Crippen LogP contribution in [-0.4, -0.2) is 11.9 Å². The lowest BCUT2D eigenvalue weighted by atomic mass is 9.89. The van der Waals surface area contributed by atoms with Crippen molar-refractivity contribution in [1.29, 1.82) is 5.41 Å². The molecule has 4 heteroatoms. The van der Waals surface area contributed by atoms with E-state index in [9.17, 15) is 4.39 Å². The van der Waals surface area contributed by atoms with Gasteiger partial charge in [0.05, 0.1) is 6.10 Å². The molecule has 1 aromatic carbocycles. The Morgan fingerprint density at radius 1 is 1.44 bits per heavy atom. The summed E-state index contributed by atoms with van der Waals surface area (Å²) in [5, 5.41) is 7.25. The molecule has 3 nitrogen and oxygen atoms in total. The summed E-state index contributed by atoms with van der Waals surface area (Å²) in [6.07, 6.45) is 4.43. The van der Waals surface area contributed by atoms with Crippen LogP contribution < -0.4 is 10.5 Å². The lowest BCUT2D eigenvalue weighted by Gasteiger charge is -2.27. The standard InChI is InChI=1S/C14H19FN2O/c1-9-3-2-4-11(7-9)18-13-6-5-10(14(16)17)8-12(13)15/h5-6,8-9,11H,2-4,7H2,1H3,(H3,16,17). The molecule has 3 N–H and O–H groups in total. The molecule has 0 saturated heterocycles. The van der Waals surface area contributed by atoms with Crippen LogP contribution in [0.2, 0.25) is 0 Å². The van der Waals surface area contributed by atoms with E-state index in [1.54, 1.807) is 12.1 Å². The number of hydrogen-bond acceptors (Lipinski definition) is 2. The number of halogens is 1. The first kappa shape index (κ1) is 12.9. The molecule has 1 fully saturated rings. The molecule has 1 aliphatic rings. The maximum Gasteiger partial charge on any atom is 0.165 e. The zero-order valence-corrected chi connectivity index (χ0v) is 10.6. The molecule has 0 aromatic heterocycles. The van der Waals surface area contributed by atoms with E-state index in [-0.39, 0.29) is 17.7 Å². The minimum absolute atomic E-state index is 0.103. The molecule has 2 rings (SSSR count). The SMILES string of the molecule is CC1CCCC(Oc2ccc(C(=N)N)cc2F)C1. The summed E-state index contributed by atoms with van der Waals surface area (Å²) in [5.74, 6) is 0.329. The monoisotopic (exact) mass is 250 g/mol. The highest BCUT2D eigenvalue weighted by Gasteiger charge is 2.21. The lowest BCUT2D eigenvalue weighted by Crippen LogP contribution is -2.24. The van der Waals surface area contributed by atoms with Crippen molar-refractivity contribution >= 4 is 5.84 Å². The van der Waals surface area contributed by atoms with Crippen LogP contribution in [0.25, 0.3) is 0 Å². The summed E-state index contributed by atoms with van der Waals surface area (Å²) >= 11 is 0. The molecule has 1 aliphatic carbocycles. The van der Waals surface area contributed by atoms with Gasteiger partial charge in [-0.05, 0) is 43.4 Å². The number of nitrogen functional groups attached to an aromatic ring is 1. The van der Waals surface area contributed by atoms with Gasteiger partial charge in [0.25, 0.3) is 0 Å². The third-order valence-electron chi connectivity index (χ3n) is 3.42. The van der Waals surface area contributed by atoms with Gasteiger partial charge in [0.2, 0.25) is 0 Å². The highest BCUT2D eigenvalue weighted by molar-refractivity contribution is 5.95. The minimum Gasteiger partial charge on any atom is -0.487 e. The van der Waals surface area contributed by atoms with Gasteiger partial charge >= 0.3 is 0 Å². The first-order valence-corrected chi connectivity index (χ1v) is 6.37. The molecular formula is C14H19FN2O. The second-order valence-corrected chi connectivity index (χ2v) is 5.07. The molecule has 0 aliphatic heterocycles. The van der Waals surface area contributed by atoms with Gasteiger partial charge in [-0.3, -0.25) is 5.41 Å². The molecule has 18 heavy (non-hydrogen) atoms. The van der Waals surface area contributed by atoms with Crippen LogP contribution >= 0.6 is 0 Å². The van der Waals surface area contributed by atoms with Crippen LogP contribution in [0.5, 0.6) is 5.75 Å². The third-order valence-corrected chi connectivity index (χ3v) is 3.42. The maximum absolute atomic E-state index is 13.8. The normalized spacial score (nSPS) is 23.7. The minimum atomic E-state index is -0.444. The van der Waals surface area contributed by atoms with Crippen molar-refractivity contribution in [2.45, 2.75) is 38.7 Å². The van der Waals surface area contributed by atoms with Crippen molar-refractivity contribution in [2.75, 3.05) is 0 Å². The molecule has 98 valence electrons. The molecule has 1 aromatic rings. The topological polar surface area (TPSA) is 59.1 Å². The fourth-order valence-corrected chi connectivity index (χ4v) is 2.43. The molecule has 0 bridgehead atoms. The van der Waals surface area contributed by atoms with Crippen molar-refractivity contribution in [2.24, 2.45) is 11.7 Å². The number of rotatable bonds is 3. The third kappa shape index (κ3) is 3.00. The average Bonchev–Trinajstić information content (AvgIpc) is 2.31. The van der Waals surface area contributed by atoms with E-state index in [0.717, 1.165) is 19.3 Å². The van der Waals surface area contributed by atoms with E-state index in [1.807, 2.05) is 0 Å². The first-order chi connectivity index (χ1) is 8.56. The maximum atomic E-state index is 13.8. The molecule has 0 spiro atoms. The fourth-order valence-electron chi connectivity index (χ4n) is 2.43. The van der Waals surface area contributed by atoms with Gasteiger partial charge in [-0.1, -0.05) is 13.3 Å².